The average Bonchev–Trinajstić information content (AvgIpc) is 3.19. The molecule has 0 saturated heterocycles. The number of fused-ring (bicyclic) bond motifs is 1. The van der Waals surface area contributed by atoms with E-state index in [0.29, 0.717) is 22.2 Å². The number of hydrogen-bond acceptors (Lipinski definition) is 4. The number of carbonyl (C=O) groups excluding carboxylic acids is 2. The molecule has 2 amide bonds. The lowest BCUT2D eigenvalue weighted by Gasteiger charge is -2.20. The van der Waals surface area contributed by atoms with Crippen LogP contribution in [0, 0.1) is 0 Å². The Bertz CT molecular complexity index is 1020. The van der Waals surface area contributed by atoms with Crippen molar-refractivity contribution in [2.75, 3.05) is 4.90 Å². The Morgan fingerprint density at radius 1 is 0.769 bits per heavy atom. The van der Waals surface area contributed by atoms with Gasteiger partial charge in [-0.1, -0.05) is 36.4 Å². The number of imidazole rings is 1. The molecule has 0 saturated carbocycles. The van der Waals surface area contributed by atoms with Crippen LogP contribution >= 0.6 is 0 Å². The summed E-state index contributed by atoms with van der Waals surface area (Å²) >= 11 is 0. The highest BCUT2D eigenvalue weighted by atomic mass is 16.2. The molecule has 0 aliphatic rings. The Labute approximate surface area is 149 Å². The van der Waals surface area contributed by atoms with Crippen LogP contribution in [0.1, 0.15) is 20.7 Å². The number of nitrogens with one attached hydrogen (secondary N) is 1. The van der Waals surface area contributed by atoms with Crippen LogP contribution in [0.5, 0.6) is 0 Å². The molecule has 0 unspecified atom stereocenters. The van der Waals surface area contributed by atoms with E-state index in [4.69, 9.17) is 0 Å². The van der Waals surface area contributed by atoms with Gasteiger partial charge in [0.15, 0.2) is 5.82 Å². The first-order valence-electron chi connectivity index (χ1n) is 8.02. The van der Waals surface area contributed by atoms with E-state index in [9.17, 15) is 9.59 Å². The van der Waals surface area contributed by atoms with E-state index in [-0.39, 0.29) is 5.82 Å². The van der Waals surface area contributed by atoms with E-state index in [0.717, 1.165) is 4.90 Å². The van der Waals surface area contributed by atoms with E-state index in [1.165, 1.54) is 6.33 Å². The number of H-pyrrole nitrogens is 1. The van der Waals surface area contributed by atoms with Crippen molar-refractivity contribution in [1.82, 2.24) is 15.0 Å². The fourth-order valence-electron chi connectivity index (χ4n) is 2.72. The van der Waals surface area contributed by atoms with Gasteiger partial charge in [0.05, 0.1) is 11.8 Å². The molecule has 2 aromatic carbocycles. The zero-order chi connectivity index (χ0) is 17.9. The molecule has 126 valence electrons. The number of pyridine rings is 1. The van der Waals surface area contributed by atoms with Gasteiger partial charge in [0, 0.05) is 17.3 Å². The maximum absolute atomic E-state index is 13.2. The summed E-state index contributed by atoms with van der Waals surface area (Å²) < 4.78 is 0. The lowest BCUT2D eigenvalue weighted by atomic mass is 10.1. The maximum Gasteiger partial charge on any atom is 0.266 e. The summed E-state index contributed by atoms with van der Waals surface area (Å²) in [6.07, 6.45) is 3.05. The number of carbonyl (C=O) groups is 2. The third-order valence-electron chi connectivity index (χ3n) is 3.98. The van der Waals surface area contributed by atoms with Crippen molar-refractivity contribution >= 4 is 28.7 Å². The Balaban J connectivity index is 1.88. The number of rotatable bonds is 3. The summed E-state index contributed by atoms with van der Waals surface area (Å²) in [5.41, 5.74) is 1.94. The van der Waals surface area contributed by atoms with Crippen molar-refractivity contribution < 1.29 is 9.59 Å². The van der Waals surface area contributed by atoms with Gasteiger partial charge in [-0.05, 0) is 30.3 Å². The molecular formula is C20H14N4O2. The number of nitrogens with zero attached hydrogens (tertiary/aromatic N) is 3. The van der Waals surface area contributed by atoms with Crippen LogP contribution in [0.4, 0.5) is 5.82 Å². The first kappa shape index (κ1) is 15.7. The molecule has 0 atom stereocenters. The molecule has 0 radical (unpaired) electrons. The highest BCUT2D eigenvalue weighted by Crippen LogP contribution is 2.25. The van der Waals surface area contributed by atoms with E-state index in [2.05, 4.69) is 15.0 Å². The zero-order valence-corrected chi connectivity index (χ0v) is 13.7. The smallest absolute Gasteiger partial charge is 0.266 e. The SMILES string of the molecule is O=C(c1ccccc1)N(C(=O)c1ccccc1)c1nccc2[nH]cnc12. The number of aromatic amines is 1. The van der Waals surface area contributed by atoms with Crippen molar-refractivity contribution in [1.29, 1.82) is 0 Å². The van der Waals surface area contributed by atoms with Gasteiger partial charge in [0.2, 0.25) is 0 Å². The van der Waals surface area contributed by atoms with Crippen LogP contribution in [0.2, 0.25) is 0 Å². The van der Waals surface area contributed by atoms with Gasteiger partial charge in [0.25, 0.3) is 11.8 Å². The molecule has 2 aromatic heterocycles. The second kappa shape index (κ2) is 6.60. The second-order valence-corrected chi connectivity index (χ2v) is 5.61. The van der Waals surface area contributed by atoms with Crippen LogP contribution < -0.4 is 4.90 Å². The second-order valence-electron chi connectivity index (χ2n) is 5.61. The Hall–Kier alpha value is -3.80. The molecule has 0 aliphatic heterocycles. The quantitative estimate of drug-likeness (QED) is 0.578. The largest absolute Gasteiger partial charge is 0.344 e. The summed E-state index contributed by atoms with van der Waals surface area (Å²) in [5.74, 6) is -0.712. The standard InChI is InChI=1S/C20H14N4O2/c25-19(14-7-3-1-4-8-14)24(20(26)15-9-5-2-6-10-15)18-17-16(11-12-21-18)22-13-23-17/h1-13H,(H,22,23). The van der Waals surface area contributed by atoms with Crippen LogP contribution in [-0.4, -0.2) is 26.8 Å². The summed E-state index contributed by atoms with van der Waals surface area (Å²) in [5, 5.41) is 0. The lowest BCUT2D eigenvalue weighted by Crippen LogP contribution is -2.38. The van der Waals surface area contributed by atoms with Crippen molar-refractivity contribution in [2.24, 2.45) is 0 Å². The normalized spacial score (nSPS) is 10.6. The van der Waals surface area contributed by atoms with Gasteiger partial charge in [-0.3, -0.25) is 9.59 Å². The van der Waals surface area contributed by atoms with Crippen molar-refractivity contribution in [3.8, 4) is 0 Å². The number of imide groups is 1. The molecule has 2 heterocycles. The molecule has 6 heteroatoms. The molecular weight excluding hydrogens is 328 g/mol. The third kappa shape index (κ3) is 2.73. The number of aromatic nitrogens is 3. The van der Waals surface area contributed by atoms with Crippen molar-refractivity contribution in [2.45, 2.75) is 0 Å². The lowest BCUT2D eigenvalue weighted by molar-refractivity contribution is 0.0897. The monoisotopic (exact) mass is 342 g/mol. The van der Waals surface area contributed by atoms with Gasteiger partial charge in [-0.15, -0.1) is 0 Å². The first-order valence-corrected chi connectivity index (χ1v) is 8.02. The number of hydrogen-bond donors (Lipinski definition) is 1. The van der Waals surface area contributed by atoms with Gasteiger partial charge in [-0.25, -0.2) is 14.9 Å². The first-order chi connectivity index (χ1) is 12.8. The molecule has 0 fully saturated rings. The summed E-state index contributed by atoms with van der Waals surface area (Å²) in [7, 11) is 0. The summed E-state index contributed by atoms with van der Waals surface area (Å²) in [4.78, 5) is 38.9. The molecule has 0 aliphatic carbocycles. The number of anilines is 1. The highest BCUT2D eigenvalue weighted by molar-refractivity contribution is 6.27. The topological polar surface area (TPSA) is 79.0 Å². The fourth-order valence-corrected chi connectivity index (χ4v) is 2.72. The molecule has 0 bridgehead atoms. The van der Waals surface area contributed by atoms with Gasteiger partial charge >= 0.3 is 0 Å². The Kier molecular flexibility index (Phi) is 3.99. The minimum Gasteiger partial charge on any atom is -0.344 e. The maximum atomic E-state index is 13.2. The molecule has 6 nitrogen and oxygen atoms in total. The molecule has 1 N–H and O–H groups in total. The minimum atomic E-state index is -0.456. The molecule has 4 aromatic rings. The van der Waals surface area contributed by atoms with Crippen LogP contribution in [0.25, 0.3) is 11.0 Å². The fraction of sp³-hybridized carbons (Fsp3) is 0. The van der Waals surface area contributed by atoms with Crippen molar-refractivity contribution in [3.63, 3.8) is 0 Å². The number of benzene rings is 2. The van der Waals surface area contributed by atoms with Crippen LogP contribution in [0.3, 0.4) is 0 Å². The molecule has 4 rings (SSSR count). The molecule has 26 heavy (non-hydrogen) atoms. The predicted octanol–water partition coefficient (Wildman–Crippen LogP) is 3.45. The zero-order valence-electron chi connectivity index (χ0n) is 13.7. The van der Waals surface area contributed by atoms with E-state index in [1.807, 2.05) is 12.1 Å². The predicted molar refractivity (Wildman–Crippen MR) is 97.9 cm³/mol. The average molecular weight is 342 g/mol. The van der Waals surface area contributed by atoms with E-state index in [1.54, 1.807) is 60.8 Å². The number of amides is 2. The minimum absolute atomic E-state index is 0.200. The Morgan fingerprint density at radius 2 is 1.35 bits per heavy atom. The van der Waals surface area contributed by atoms with E-state index < -0.39 is 11.8 Å². The Morgan fingerprint density at radius 3 is 1.92 bits per heavy atom. The summed E-state index contributed by atoms with van der Waals surface area (Å²) in [6, 6.07) is 19.0. The van der Waals surface area contributed by atoms with E-state index >= 15 is 0 Å². The van der Waals surface area contributed by atoms with Crippen LogP contribution in [0.15, 0.2) is 79.3 Å². The summed E-state index contributed by atoms with van der Waals surface area (Å²) in [6.45, 7) is 0. The van der Waals surface area contributed by atoms with Crippen LogP contribution in [-0.2, 0) is 0 Å². The van der Waals surface area contributed by atoms with Gasteiger partial charge in [-0.2, -0.15) is 0 Å². The van der Waals surface area contributed by atoms with Crippen molar-refractivity contribution in [3.05, 3.63) is 90.4 Å². The van der Waals surface area contributed by atoms with Gasteiger partial charge in [0.1, 0.15) is 5.52 Å². The van der Waals surface area contributed by atoms with Gasteiger partial charge < -0.3 is 4.98 Å². The molecule has 0 spiro atoms. The third-order valence-corrected chi connectivity index (χ3v) is 3.98. The highest BCUT2D eigenvalue weighted by Gasteiger charge is 2.29.